The van der Waals surface area contributed by atoms with Crippen molar-refractivity contribution < 1.29 is 14.0 Å². The van der Waals surface area contributed by atoms with Crippen molar-refractivity contribution >= 4 is 35.2 Å². The Labute approximate surface area is 228 Å². The molecule has 2 aromatic heterocycles. The molecule has 11 heteroatoms. The number of benzene rings is 2. The van der Waals surface area contributed by atoms with E-state index >= 15 is 0 Å². The van der Waals surface area contributed by atoms with Crippen molar-refractivity contribution in [3.05, 3.63) is 101 Å². The molecule has 2 N–H and O–H groups in total. The molecule has 2 amide bonds. The largest absolute Gasteiger partial charge is 0.344 e. The highest BCUT2D eigenvalue weighted by Crippen LogP contribution is 2.31. The van der Waals surface area contributed by atoms with Gasteiger partial charge in [-0.15, -0.1) is 5.10 Å². The van der Waals surface area contributed by atoms with Gasteiger partial charge in [-0.3, -0.25) is 14.6 Å². The molecule has 2 bridgehead atoms. The molecule has 0 fully saturated rings. The first-order valence-electron chi connectivity index (χ1n) is 12.2. The lowest BCUT2D eigenvalue weighted by molar-refractivity contribution is -0.117. The number of tetrazole rings is 1. The lowest BCUT2D eigenvalue weighted by atomic mass is 10.0. The molecule has 1 atom stereocenters. The van der Waals surface area contributed by atoms with Crippen LogP contribution >= 0.6 is 11.6 Å². The Morgan fingerprint density at radius 1 is 1.15 bits per heavy atom. The van der Waals surface area contributed by atoms with Gasteiger partial charge in [0, 0.05) is 34.8 Å². The number of pyridine rings is 1. The second-order valence-electron chi connectivity index (χ2n) is 8.81. The third-order valence-corrected chi connectivity index (χ3v) is 6.33. The van der Waals surface area contributed by atoms with Gasteiger partial charge < -0.3 is 10.6 Å². The Kier molecular flexibility index (Phi) is 7.83. The average molecular weight is 544 g/mol. The maximum atomic E-state index is 14.0. The molecule has 1 aliphatic rings. The van der Waals surface area contributed by atoms with Gasteiger partial charge in [-0.2, -0.15) is 4.68 Å². The van der Waals surface area contributed by atoms with Gasteiger partial charge in [-0.25, -0.2) is 4.39 Å². The van der Waals surface area contributed by atoms with Crippen molar-refractivity contribution in [1.82, 2.24) is 30.5 Å². The second-order valence-corrected chi connectivity index (χ2v) is 9.24. The highest BCUT2D eigenvalue weighted by atomic mass is 35.5. The number of anilines is 1. The fourth-order valence-electron chi connectivity index (χ4n) is 4.23. The van der Waals surface area contributed by atoms with Crippen LogP contribution in [0.25, 0.3) is 22.9 Å². The van der Waals surface area contributed by atoms with Crippen LogP contribution in [0, 0.1) is 5.82 Å². The van der Waals surface area contributed by atoms with Gasteiger partial charge in [0.25, 0.3) is 0 Å². The first-order chi connectivity index (χ1) is 19.0. The highest BCUT2D eigenvalue weighted by molar-refractivity contribution is 6.30. The smallest absolute Gasteiger partial charge is 0.244 e. The average Bonchev–Trinajstić information content (AvgIpc) is 3.46. The normalized spacial score (nSPS) is 16.4. The summed E-state index contributed by atoms with van der Waals surface area (Å²) in [5, 5.41) is 17.6. The maximum absolute atomic E-state index is 14.0. The highest BCUT2D eigenvalue weighted by Gasteiger charge is 2.17. The van der Waals surface area contributed by atoms with Gasteiger partial charge in [0.15, 0.2) is 0 Å². The summed E-state index contributed by atoms with van der Waals surface area (Å²) in [4.78, 5) is 30.0. The predicted octanol–water partition coefficient (Wildman–Crippen LogP) is 5.07. The number of rotatable bonds is 4. The molecule has 0 saturated carbocycles. The van der Waals surface area contributed by atoms with E-state index in [1.807, 2.05) is 18.2 Å². The fraction of sp³-hybridized carbons (Fsp3) is 0.143. The number of nitrogens with zero attached hydrogens (tertiary/aromatic N) is 5. The van der Waals surface area contributed by atoms with E-state index in [1.54, 1.807) is 42.6 Å². The summed E-state index contributed by atoms with van der Waals surface area (Å²) in [6.45, 7) is 0. The number of hydrogen-bond donors (Lipinski definition) is 2. The Balaban J connectivity index is 1.43. The van der Waals surface area contributed by atoms with Crippen molar-refractivity contribution in [2.75, 3.05) is 5.32 Å². The summed E-state index contributed by atoms with van der Waals surface area (Å²) in [7, 11) is 0. The van der Waals surface area contributed by atoms with E-state index in [2.05, 4.69) is 31.1 Å². The summed E-state index contributed by atoms with van der Waals surface area (Å²) < 4.78 is 15.5. The monoisotopic (exact) mass is 543 g/mol. The van der Waals surface area contributed by atoms with Gasteiger partial charge in [0.2, 0.25) is 11.8 Å². The van der Waals surface area contributed by atoms with E-state index in [0.717, 1.165) is 5.56 Å². The second kappa shape index (κ2) is 11.8. The number of hydrogen-bond acceptors (Lipinski definition) is 6. The molecular weight excluding hydrogens is 521 g/mol. The third-order valence-electron chi connectivity index (χ3n) is 6.10. The Bertz CT molecular complexity index is 1570. The number of carbonyl (C=O) groups excluding carboxylic acids is 2. The number of amides is 2. The van der Waals surface area contributed by atoms with Crippen molar-refractivity contribution in [2.45, 2.75) is 25.3 Å². The molecule has 0 unspecified atom stereocenters. The molecule has 39 heavy (non-hydrogen) atoms. The van der Waals surface area contributed by atoms with Crippen LogP contribution < -0.4 is 10.6 Å². The van der Waals surface area contributed by atoms with E-state index in [-0.39, 0.29) is 18.2 Å². The molecule has 1 aliphatic heterocycles. The molecule has 5 rings (SSSR count). The molecule has 2 aromatic carbocycles. The molecule has 9 nitrogen and oxygen atoms in total. The quantitative estimate of drug-likeness (QED) is 0.274. The van der Waals surface area contributed by atoms with Crippen molar-refractivity contribution in [2.24, 2.45) is 0 Å². The van der Waals surface area contributed by atoms with E-state index in [9.17, 15) is 14.0 Å². The Morgan fingerprint density at radius 3 is 2.90 bits per heavy atom. The zero-order valence-corrected chi connectivity index (χ0v) is 21.3. The summed E-state index contributed by atoms with van der Waals surface area (Å²) >= 11 is 6.18. The zero-order chi connectivity index (χ0) is 27.2. The standard InChI is InChI=1S/C28H23ClFN7O2/c29-20-7-10-26(37-17-32-35-36-37)19(14-20)6-11-28(39)33-23-4-2-1-3-5-27(38)34-24-16-21(30)8-9-22(24)18-12-13-31-25(23)15-18/h1-2,6-17,23H,3-5H2,(H,33,39)(H,34,38)/b2-1+,11-6+/t23-/m0/s1. The van der Waals surface area contributed by atoms with Gasteiger partial charge in [0.1, 0.15) is 12.1 Å². The summed E-state index contributed by atoms with van der Waals surface area (Å²) in [5.74, 6) is -1.00. The van der Waals surface area contributed by atoms with E-state index in [4.69, 9.17) is 11.6 Å². The SMILES string of the molecule is O=C(/C=C/c1cc(Cl)ccc1-n1cnnn1)N[C@H]1C/C=C/CCC(=O)Nc2cc(F)ccc2-c2ccnc1c2. The molecule has 196 valence electrons. The Hall–Kier alpha value is -4.70. The van der Waals surface area contributed by atoms with Crippen LogP contribution in [0.4, 0.5) is 10.1 Å². The van der Waals surface area contributed by atoms with Gasteiger partial charge in [0.05, 0.1) is 23.1 Å². The lowest BCUT2D eigenvalue weighted by Crippen LogP contribution is -2.27. The number of aromatic nitrogens is 5. The van der Waals surface area contributed by atoms with Crippen LogP contribution in [0.2, 0.25) is 5.02 Å². The predicted molar refractivity (Wildman–Crippen MR) is 145 cm³/mol. The molecular formula is C28H23ClFN7O2. The van der Waals surface area contributed by atoms with Crippen LogP contribution in [0.1, 0.15) is 36.6 Å². The first-order valence-corrected chi connectivity index (χ1v) is 12.6. The van der Waals surface area contributed by atoms with Gasteiger partial charge in [-0.1, -0.05) is 23.8 Å². The molecule has 0 spiro atoms. The minimum absolute atomic E-state index is 0.211. The van der Waals surface area contributed by atoms with Crippen LogP contribution in [0.15, 0.2) is 79.3 Å². The van der Waals surface area contributed by atoms with Crippen LogP contribution in [-0.4, -0.2) is 37.0 Å². The van der Waals surface area contributed by atoms with Crippen molar-refractivity contribution in [3.8, 4) is 16.8 Å². The fourth-order valence-corrected chi connectivity index (χ4v) is 4.41. The number of carbonyl (C=O) groups is 2. The number of nitrogens with one attached hydrogen (secondary N) is 2. The van der Waals surface area contributed by atoms with E-state index < -0.39 is 11.9 Å². The number of halogens is 2. The first kappa shape index (κ1) is 25.9. The van der Waals surface area contributed by atoms with Crippen molar-refractivity contribution in [1.29, 1.82) is 0 Å². The van der Waals surface area contributed by atoms with Gasteiger partial charge >= 0.3 is 0 Å². The number of fused-ring (bicyclic) bond motifs is 4. The van der Waals surface area contributed by atoms with Crippen LogP contribution in [0.5, 0.6) is 0 Å². The topological polar surface area (TPSA) is 115 Å². The minimum Gasteiger partial charge on any atom is -0.344 e. The van der Waals surface area contributed by atoms with E-state index in [0.29, 0.717) is 46.1 Å². The summed E-state index contributed by atoms with van der Waals surface area (Å²) in [6, 6.07) is 12.6. The Morgan fingerprint density at radius 2 is 2.05 bits per heavy atom. The molecule has 0 radical (unpaired) electrons. The van der Waals surface area contributed by atoms with Crippen LogP contribution in [0.3, 0.4) is 0 Å². The van der Waals surface area contributed by atoms with E-state index in [1.165, 1.54) is 29.2 Å². The number of allylic oxidation sites excluding steroid dienone is 1. The third kappa shape index (κ3) is 6.42. The summed E-state index contributed by atoms with van der Waals surface area (Å²) in [5.41, 5.74) is 3.70. The summed E-state index contributed by atoms with van der Waals surface area (Å²) in [6.07, 6.45) is 11.1. The van der Waals surface area contributed by atoms with Crippen LogP contribution in [-0.2, 0) is 9.59 Å². The molecule has 0 saturated heterocycles. The molecule has 4 aromatic rings. The zero-order valence-electron chi connectivity index (χ0n) is 20.6. The minimum atomic E-state index is -0.454. The maximum Gasteiger partial charge on any atom is 0.244 e. The van der Waals surface area contributed by atoms with Crippen molar-refractivity contribution in [3.63, 3.8) is 0 Å². The molecule has 3 heterocycles. The lowest BCUT2D eigenvalue weighted by Gasteiger charge is -2.17. The molecule has 0 aliphatic carbocycles. The van der Waals surface area contributed by atoms with Gasteiger partial charge in [-0.05, 0) is 83.4 Å².